The van der Waals surface area contributed by atoms with E-state index in [2.05, 4.69) is 41.9 Å². The maximum Gasteiger partial charge on any atom is 0.116 e. The number of phenolic OH excluding ortho intramolecular Hbond substituents is 1. The third kappa shape index (κ3) is 2.34. The first-order valence-corrected chi connectivity index (χ1v) is 6.55. The van der Waals surface area contributed by atoms with E-state index in [-0.39, 0.29) is 0 Å². The molecule has 0 unspecified atom stereocenters. The highest BCUT2D eigenvalue weighted by Crippen LogP contribution is 2.23. The molecule has 0 aliphatic heterocycles. The Morgan fingerprint density at radius 3 is 2.53 bits per heavy atom. The lowest BCUT2D eigenvalue weighted by molar-refractivity contribution is 0.476. The van der Waals surface area contributed by atoms with Crippen LogP contribution in [0.4, 0.5) is 0 Å². The molecule has 2 heteroatoms. The van der Waals surface area contributed by atoms with E-state index in [1.54, 1.807) is 6.07 Å². The van der Waals surface area contributed by atoms with Crippen LogP contribution in [-0.2, 0) is 19.9 Å². The minimum absolute atomic E-state index is 0.327. The van der Waals surface area contributed by atoms with Crippen LogP contribution in [-0.4, -0.2) is 9.67 Å². The van der Waals surface area contributed by atoms with Gasteiger partial charge in [0.1, 0.15) is 5.75 Å². The monoisotopic (exact) mass is 251 g/mol. The summed E-state index contributed by atoms with van der Waals surface area (Å²) in [6.45, 7) is 0. The Morgan fingerprint density at radius 2 is 1.74 bits per heavy atom. The summed E-state index contributed by atoms with van der Waals surface area (Å²) in [7, 11) is 2.08. The van der Waals surface area contributed by atoms with E-state index in [1.165, 1.54) is 16.8 Å². The van der Waals surface area contributed by atoms with Crippen molar-refractivity contribution in [1.29, 1.82) is 0 Å². The predicted molar refractivity (Wildman–Crippen MR) is 78.4 cm³/mol. The van der Waals surface area contributed by atoms with Crippen molar-refractivity contribution in [3.05, 3.63) is 65.9 Å². The molecular weight excluding hydrogens is 234 g/mol. The zero-order valence-electron chi connectivity index (χ0n) is 11.0. The fourth-order valence-corrected chi connectivity index (χ4v) is 2.55. The van der Waals surface area contributed by atoms with Crippen LogP contribution < -0.4 is 0 Å². The van der Waals surface area contributed by atoms with Crippen molar-refractivity contribution in [3.63, 3.8) is 0 Å². The number of aromatic nitrogens is 1. The van der Waals surface area contributed by atoms with Crippen LogP contribution in [0.2, 0.25) is 0 Å². The number of phenols is 1. The summed E-state index contributed by atoms with van der Waals surface area (Å²) in [5, 5.41) is 10.6. The van der Waals surface area contributed by atoms with Crippen LogP contribution in [0, 0.1) is 0 Å². The standard InChI is InChI=1S/C17H17NO/c1-18-15(8-7-13-5-3-2-4-6-13)11-14-12-16(19)9-10-17(14)18/h2-6,9-12,19H,7-8H2,1H3. The molecule has 1 aromatic heterocycles. The van der Waals surface area contributed by atoms with Crippen LogP contribution >= 0.6 is 0 Å². The van der Waals surface area contributed by atoms with Gasteiger partial charge in [-0.25, -0.2) is 0 Å². The summed E-state index contributed by atoms with van der Waals surface area (Å²) in [5.74, 6) is 0.327. The minimum atomic E-state index is 0.327. The zero-order valence-corrected chi connectivity index (χ0v) is 11.0. The molecule has 0 amide bonds. The molecule has 96 valence electrons. The molecule has 0 radical (unpaired) electrons. The Kier molecular flexibility index (Phi) is 3.00. The number of aromatic hydroxyl groups is 1. The van der Waals surface area contributed by atoms with E-state index < -0.39 is 0 Å². The first-order valence-electron chi connectivity index (χ1n) is 6.55. The van der Waals surface area contributed by atoms with E-state index in [1.807, 2.05) is 18.2 Å². The van der Waals surface area contributed by atoms with Crippen molar-refractivity contribution in [3.8, 4) is 5.75 Å². The Bertz CT molecular complexity index is 698. The van der Waals surface area contributed by atoms with Crippen molar-refractivity contribution < 1.29 is 5.11 Å². The minimum Gasteiger partial charge on any atom is -0.508 e. The van der Waals surface area contributed by atoms with Gasteiger partial charge in [-0.3, -0.25) is 0 Å². The Balaban J connectivity index is 1.87. The molecule has 19 heavy (non-hydrogen) atoms. The number of benzene rings is 2. The van der Waals surface area contributed by atoms with Gasteiger partial charge in [-0.15, -0.1) is 0 Å². The van der Waals surface area contributed by atoms with Gasteiger partial charge in [0.05, 0.1) is 0 Å². The third-order valence-corrected chi connectivity index (χ3v) is 3.64. The number of aryl methyl sites for hydroxylation is 3. The van der Waals surface area contributed by atoms with Gasteiger partial charge in [0.2, 0.25) is 0 Å². The molecule has 0 spiro atoms. The SMILES string of the molecule is Cn1c(CCc2ccccc2)cc2cc(O)ccc21. The van der Waals surface area contributed by atoms with E-state index >= 15 is 0 Å². The lowest BCUT2D eigenvalue weighted by atomic mass is 10.1. The Labute approximate surface area is 112 Å². The zero-order chi connectivity index (χ0) is 13.2. The van der Waals surface area contributed by atoms with Gasteiger partial charge in [-0.1, -0.05) is 30.3 Å². The van der Waals surface area contributed by atoms with Crippen LogP contribution in [0.3, 0.4) is 0 Å². The molecule has 0 saturated carbocycles. The number of hydrogen-bond donors (Lipinski definition) is 1. The summed E-state index contributed by atoms with van der Waals surface area (Å²) in [4.78, 5) is 0. The normalized spacial score (nSPS) is 11.0. The van der Waals surface area contributed by atoms with Crippen molar-refractivity contribution >= 4 is 10.9 Å². The Morgan fingerprint density at radius 1 is 0.947 bits per heavy atom. The van der Waals surface area contributed by atoms with Crippen molar-refractivity contribution in [2.45, 2.75) is 12.8 Å². The number of hydrogen-bond acceptors (Lipinski definition) is 1. The highest BCUT2D eigenvalue weighted by Gasteiger charge is 2.06. The summed E-state index contributed by atoms with van der Waals surface area (Å²) in [6.07, 6.45) is 2.05. The summed E-state index contributed by atoms with van der Waals surface area (Å²) in [5.41, 5.74) is 3.82. The molecule has 0 aliphatic carbocycles. The molecule has 3 rings (SSSR count). The van der Waals surface area contributed by atoms with E-state index in [4.69, 9.17) is 0 Å². The van der Waals surface area contributed by atoms with Crippen LogP contribution in [0.1, 0.15) is 11.3 Å². The molecule has 0 bridgehead atoms. The maximum absolute atomic E-state index is 9.53. The second-order valence-electron chi connectivity index (χ2n) is 4.92. The summed E-state index contributed by atoms with van der Waals surface area (Å²) >= 11 is 0. The van der Waals surface area contributed by atoms with Crippen molar-refractivity contribution in [2.24, 2.45) is 7.05 Å². The molecule has 0 fully saturated rings. The molecule has 0 saturated heterocycles. The number of fused-ring (bicyclic) bond motifs is 1. The largest absolute Gasteiger partial charge is 0.508 e. The molecule has 2 aromatic carbocycles. The first kappa shape index (κ1) is 11.8. The van der Waals surface area contributed by atoms with Crippen LogP contribution in [0.5, 0.6) is 5.75 Å². The smallest absolute Gasteiger partial charge is 0.116 e. The third-order valence-electron chi connectivity index (χ3n) is 3.64. The second-order valence-corrected chi connectivity index (χ2v) is 4.92. The first-order chi connectivity index (χ1) is 9.24. The fourth-order valence-electron chi connectivity index (χ4n) is 2.55. The molecule has 3 aromatic rings. The van der Waals surface area contributed by atoms with E-state index in [9.17, 15) is 5.11 Å². The molecule has 0 atom stereocenters. The predicted octanol–water partition coefficient (Wildman–Crippen LogP) is 3.67. The molecule has 1 heterocycles. The van der Waals surface area contributed by atoms with Crippen LogP contribution in [0.25, 0.3) is 10.9 Å². The van der Waals surface area contributed by atoms with Gasteiger partial charge in [0.25, 0.3) is 0 Å². The lowest BCUT2D eigenvalue weighted by Crippen LogP contribution is -1.98. The van der Waals surface area contributed by atoms with Gasteiger partial charge in [0, 0.05) is 23.6 Å². The van der Waals surface area contributed by atoms with Crippen LogP contribution in [0.15, 0.2) is 54.6 Å². The van der Waals surface area contributed by atoms with Gasteiger partial charge in [0.15, 0.2) is 0 Å². The lowest BCUT2D eigenvalue weighted by Gasteiger charge is -2.04. The van der Waals surface area contributed by atoms with Gasteiger partial charge in [-0.05, 0) is 42.7 Å². The highest BCUT2D eigenvalue weighted by atomic mass is 16.3. The second kappa shape index (κ2) is 4.81. The summed E-state index contributed by atoms with van der Waals surface area (Å²) in [6, 6.07) is 18.2. The van der Waals surface area contributed by atoms with Gasteiger partial charge in [-0.2, -0.15) is 0 Å². The quantitative estimate of drug-likeness (QED) is 0.755. The summed E-state index contributed by atoms with van der Waals surface area (Å²) < 4.78 is 2.21. The number of rotatable bonds is 3. The average Bonchev–Trinajstić information content (AvgIpc) is 2.74. The Hall–Kier alpha value is -2.22. The van der Waals surface area contributed by atoms with Crippen molar-refractivity contribution in [2.75, 3.05) is 0 Å². The van der Waals surface area contributed by atoms with Gasteiger partial charge < -0.3 is 9.67 Å². The molecular formula is C17H17NO. The average molecular weight is 251 g/mol. The maximum atomic E-state index is 9.53. The molecule has 1 N–H and O–H groups in total. The molecule has 0 aliphatic rings. The van der Waals surface area contributed by atoms with Gasteiger partial charge >= 0.3 is 0 Å². The van der Waals surface area contributed by atoms with E-state index in [0.29, 0.717) is 5.75 Å². The van der Waals surface area contributed by atoms with Crippen molar-refractivity contribution in [1.82, 2.24) is 4.57 Å². The highest BCUT2D eigenvalue weighted by molar-refractivity contribution is 5.82. The fraction of sp³-hybridized carbons (Fsp3) is 0.176. The topological polar surface area (TPSA) is 25.2 Å². The number of nitrogens with zero attached hydrogens (tertiary/aromatic N) is 1. The van der Waals surface area contributed by atoms with E-state index in [0.717, 1.165) is 18.2 Å². The molecule has 2 nitrogen and oxygen atoms in total.